The third kappa shape index (κ3) is 2.58. The van der Waals surface area contributed by atoms with Crippen LogP contribution < -0.4 is 5.32 Å². The zero-order valence-electron chi connectivity index (χ0n) is 9.21. The highest BCUT2D eigenvalue weighted by Gasteiger charge is 2.23. The van der Waals surface area contributed by atoms with E-state index in [0.29, 0.717) is 0 Å². The number of thiophene rings is 1. The molecule has 1 aromatic heterocycles. The van der Waals surface area contributed by atoms with Crippen molar-refractivity contribution in [3.05, 3.63) is 21.4 Å². The molecule has 2 nitrogen and oxygen atoms in total. The van der Waals surface area contributed by atoms with E-state index in [1.54, 1.807) is 11.3 Å². The average molecular weight is 220 g/mol. The molecule has 0 aromatic carbocycles. The van der Waals surface area contributed by atoms with Crippen LogP contribution in [0.15, 0.2) is 6.07 Å². The first-order valence-corrected chi connectivity index (χ1v) is 6.22. The Kier molecular flexibility index (Phi) is 3.08. The molecule has 0 radical (unpaired) electrons. The summed E-state index contributed by atoms with van der Waals surface area (Å²) in [5.41, 5.74) is 1.17. The van der Waals surface area contributed by atoms with E-state index in [0.717, 1.165) is 12.5 Å². The molecule has 1 aromatic rings. The largest absolute Gasteiger partial charge is 0.298 e. The number of nitrogens with one attached hydrogen (secondary N) is 1. The summed E-state index contributed by atoms with van der Waals surface area (Å²) < 4.78 is 0. The number of nitrogens with zero attached hydrogens (tertiary/aromatic N) is 1. The monoisotopic (exact) mass is 220 g/mol. The third-order valence-electron chi connectivity index (χ3n) is 2.83. The molecule has 1 heterocycles. The van der Waals surface area contributed by atoms with Crippen molar-refractivity contribution in [2.45, 2.75) is 32.7 Å². The molecule has 80 valence electrons. The fraction of sp³-hybridized carbons (Fsp3) is 0.583. The van der Waals surface area contributed by atoms with Crippen LogP contribution in [0.4, 0.5) is 0 Å². The molecule has 1 aliphatic rings. The molecule has 1 saturated carbocycles. The molecule has 1 aliphatic carbocycles. The summed E-state index contributed by atoms with van der Waals surface area (Å²) in [5, 5.41) is 12.5. The highest BCUT2D eigenvalue weighted by atomic mass is 32.1. The average Bonchev–Trinajstić information content (AvgIpc) is 2.95. The minimum Gasteiger partial charge on any atom is -0.298 e. The zero-order valence-corrected chi connectivity index (χ0v) is 10.0. The maximum absolute atomic E-state index is 9.14. The summed E-state index contributed by atoms with van der Waals surface area (Å²) in [6, 6.07) is 4.37. The van der Waals surface area contributed by atoms with Crippen molar-refractivity contribution in [2.75, 3.05) is 6.54 Å². The minimum absolute atomic E-state index is 0.115. The van der Waals surface area contributed by atoms with Crippen LogP contribution in [0.2, 0.25) is 0 Å². The Morgan fingerprint density at radius 3 is 2.80 bits per heavy atom. The van der Waals surface area contributed by atoms with Gasteiger partial charge in [0, 0.05) is 9.75 Å². The van der Waals surface area contributed by atoms with Gasteiger partial charge in [-0.1, -0.05) is 0 Å². The first-order chi connectivity index (χ1) is 7.20. The second-order valence-electron chi connectivity index (χ2n) is 4.28. The van der Waals surface area contributed by atoms with Gasteiger partial charge in [-0.2, -0.15) is 5.26 Å². The number of hydrogen-bond donors (Lipinski definition) is 1. The minimum atomic E-state index is -0.115. The fourth-order valence-corrected chi connectivity index (χ4v) is 2.73. The maximum atomic E-state index is 9.14. The molecule has 1 unspecified atom stereocenters. The number of hydrogen-bond acceptors (Lipinski definition) is 3. The summed E-state index contributed by atoms with van der Waals surface area (Å²) in [6.45, 7) is 5.18. The van der Waals surface area contributed by atoms with Crippen LogP contribution in [-0.4, -0.2) is 6.54 Å². The first kappa shape index (κ1) is 10.7. The Labute approximate surface area is 94.9 Å². The molecule has 1 atom stereocenters. The lowest BCUT2D eigenvalue weighted by Crippen LogP contribution is -2.22. The van der Waals surface area contributed by atoms with Gasteiger partial charge in [-0.25, -0.2) is 0 Å². The van der Waals surface area contributed by atoms with Gasteiger partial charge in [0.2, 0.25) is 0 Å². The molecule has 1 N–H and O–H groups in total. The van der Waals surface area contributed by atoms with Gasteiger partial charge in [0.15, 0.2) is 0 Å². The van der Waals surface area contributed by atoms with Crippen molar-refractivity contribution in [3.63, 3.8) is 0 Å². The van der Waals surface area contributed by atoms with Crippen LogP contribution in [0.25, 0.3) is 0 Å². The molecule has 0 spiro atoms. The first-order valence-electron chi connectivity index (χ1n) is 5.40. The quantitative estimate of drug-likeness (QED) is 0.847. The Hall–Kier alpha value is -0.850. The van der Waals surface area contributed by atoms with Gasteiger partial charge < -0.3 is 0 Å². The molecular weight excluding hydrogens is 204 g/mol. The van der Waals surface area contributed by atoms with Gasteiger partial charge in [0.1, 0.15) is 6.04 Å². The predicted octanol–water partition coefficient (Wildman–Crippen LogP) is 2.93. The lowest BCUT2D eigenvalue weighted by atomic mass is 10.1. The van der Waals surface area contributed by atoms with Crippen molar-refractivity contribution >= 4 is 11.3 Å². The second-order valence-corrected chi connectivity index (χ2v) is 5.74. The Morgan fingerprint density at radius 2 is 2.33 bits per heavy atom. The van der Waals surface area contributed by atoms with Crippen LogP contribution in [0.5, 0.6) is 0 Å². The predicted molar refractivity (Wildman–Crippen MR) is 62.9 cm³/mol. The Bertz CT molecular complexity index is 385. The van der Waals surface area contributed by atoms with E-state index < -0.39 is 0 Å². The molecule has 0 aliphatic heterocycles. The third-order valence-corrected chi connectivity index (χ3v) is 3.81. The van der Waals surface area contributed by atoms with Crippen molar-refractivity contribution in [2.24, 2.45) is 5.92 Å². The van der Waals surface area contributed by atoms with Crippen molar-refractivity contribution < 1.29 is 0 Å². The van der Waals surface area contributed by atoms with Crippen LogP contribution >= 0.6 is 11.3 Å². The number of rotatable bonds is 4. The lowest BCUT2D eigenvalue weighted by molar-refractivity contribution is 0.592. The van der Waals surface area contributed by atoms with Gasteiger partial charge in [-0.15, -0.1) is 11.3 Å². The van der Waals surface area contributed by atoms with Gasteiger partial charge >= 0.3 is 0 Å². The number of aryl methyl sites for hydroxylation is 2. The summed E-state index contributed by atoms with van der Waals surface area (Å²) in [5.74, 6) is 0.820. The van der Waals surface area contributed by atoms with Crippen molar-refractivity contribution in [1.29, 1.82) is 5.26 Å². The maximum Gasteiger partial charge on any atom is 0.122 e. The van der Waals surface area contributed by atoms with Crippen LogP contribution in [0, 0.1) is 31.1 Å². The van der Waals surface area contributed by atoms with Crippen LogP contribution in [-0.2, 0) is 0 Å². The van der Waals surface area contributed by atoms with Crippen molar-refractivity contribution in [3.8, 4) is 6.07 Å². The van der Waals surface area contributed by atoms with E-state index in [1.165, 1.54) is 28.2 Å². The summed E-state index contributed by atoms with van der Waals surface area (Å²) >= 11 is 1.77. The zero-order chi connectivity index (χ0) is 10.8. The molecule has 0 bridgehead atoms. The summed E-state index contributed by atoms with van der Waals surface area (Å²) in [4.78, 5) is 2.55. The van der Waals surface area contributed by atoms with Crippen molar-refractivity contribution in [1.82, 2.24) is 5.32 Å². The second kappa shape index (κ2) is 4.34. The van der Waals surface area contributed by atoms with E-state index in [4.69, 9.17) is 5.26 Å². The molecule has 0 saturated heterocycles. The van der Waals surface area contributed by atoms with Crippen LogP contribution in [0.3, 0.4) is 0 Å². The molecule has 15 heavy (non-hydrogen) atoms. The van der Waals surface area contributed by atoms with E-state index in [-0.39, 0.29) is 6.04 Å². The van der Waals surface area contributed by atoms with Gasteiger partial charge in [0.05, 0.1) is 6.07 Å². The molecular formula is C12H16N2S. The molecule has 1 fully saturated rings. The molecule has 2 rings (SSSR count). The fourth-order valence-electron chi connectivity index (χ4n) is 1.77. The Balaban J connectivity index is 2.04. The molecule has 0 amide bonds. The van der Waals surface area contributed by atoms with Gasteiger partial charge in [-0.3, -0.25) is 5.32 Å². The van der Waals surface area contributed by atoms with E-state index in [2.05, 4.69) is 31.3 Å². The van der Waals surface area contributed by atoms with E-state index in [9.17, 15) is 0 Å². The normalized spacial score (nSPS) is 17.4. The number of nitriles is 1. The lowest BCUT2D eigenvalue weighted by Gasteiger charge is -2.10. The summed E-state index contributed by atoms with van der Waals surface area (Å²) in [7, 11) is 0. The van der Waals surface area contributed by atoms with Gasteiger partial charge in [0.25, 0.3) is 0 Å². The van der Waals surface area contributed by atoms with E-state index >= 15 is 0 Å². The highest BCUT2D eigenvalue weighted by Crippen LogP contribution is 2.30. The standard InChI is InChI=1S/C12H16N2S/c1-8-5-11(9(2)15-8)12(6-13)14-7-10-3-4-10/h5,10,12,14H,3-4,7H2,1-2H3. The topological polar surface area (TPSA) is 35.8 Å². The Morgan fingerprint density at radius 1 is 1.60 bits per heavy atom. The molecule has 3 heteroatoms. The summed E-state index contributed by atoms with van der Waals surface area (Å²) in [6.07, 6.45) is 2.65. The van der Waals surface area contributed by atoms with Crippen LogP contribution in [0.1, 0.15) is 34.2 Å². The van der Waals surface area contributed by atoms with E-state index in [1.807, 2.05) is 0 Å². The SMILES string of the molecule is Cc1cc(C(C#N)NCC2CC2)c(C)s1. The van der Waals surface area contributed by atoms with Gasteiger partial charge in [-0.05, 0) is 50.8 Å². The smallest absolute Gasteiger partial charge is 0.122 e. The highest BCUT2D eigenvalue weighted by molar-refractivity contribution is 7.12.